The lowest BCUT2D eigenvalue weighted by atomic mass is 10.1. The molecule has 0 bridgehead atoms. The molecule has 1 rings (SSSR count). The molecule has 1 aromatic rings. The molecule has 106 valence electrons. The molecule has 3 nitrogen and oxygen atoms in total. The van der Waals surface area contributed by atoms with Gasteiger partial charge < -0.3 is 10.6 Å². The minimum Gasteiger partial charge on any atom is -0.338 e. The second-order valence-electron chi connectivity index (χ2n) is 4.91. The first-order valence-electron chi connectivity index (χ1n) is 6.66. The van der Waals surface area contributed by atoms with E-state index < -0.39 is 0 Å². The van der Waals surface area contributed by atoms with E-state index in [9.17, 15) is 4.79 Å². The molecule has 0 aromatic heterocycles. The molecule has 4 heteroatoms. The van der Waals surface area contributed by atoms with E-state index in [1.54, 1.807) is 11.8 Å². The molecule has 0 aliphatic heterocycles. The number of nitrogens with zero attached hydrogens (tertiary/aromatic N) is 1. The van der Waals surface area contributed by atoms with Crippen LogP contribution in [0.25, 0.3) is 0 Å². The lowest BCUT2D eigenvalue weighted by Crippen LogP contribution is -2.31. The van der Waals surface area contributed by atoms with Gasteiger partial charge in [-0.3, -0.25) is 4.79 Å². The predicted octanol–water partition coefficient (Wildman–Crippen LogP) is 2.68. The van der Waals surface area contributed by atoms with Crippen LogP contribution in [-0.2, 0) is 4.79 Å². The highest BCUT2D eigenvalue weighted by molar-refractivity contribution is 7.99. The number of amides is 1. The third-order valence-corrected chi connectivity index (χ3v) is 4.17. The van der Waals surface area contributed by atoms with Crippen molar-refractivity contribution in [2.45, 2.75) is 32.4 Å². The SMILES string of the molecule is CC(N)CCSCC(=O)N(C)C(C)c1ccccc1. The maximum atomic E-state index is 12.1. The molecule has 0 saturated heterocycles. The highest BCUT2D eigenvalue weighted by Gasteiger charge is 2.16. The largest absolute Gasteiger partial charge is 0.338 e. The van der Waals surface area contributed by atoms with Gasteiger partial charge >= 0.3 is 0 Å². The maximum Gasteiger partial charge on any atom is 0.232 e. The van der Waals surface area contributed by atoms with Crippen molar-refractivity contribution in [2.75, 3.05) is 18.6 Å². The van der Waals surface area contributed by atoms with Crippen molar-refractivity contribution < 1.29 is 4.79 Å². The fourth-order valence-electron chi connectivity index (χ4n) is 1.70. The minimum absolute atomic E-state index is 0.114. The van der Waals surface area contributed by atoms with Crippen molar-refractivity contribution in [1.29, 1.82) is 0 Å². The molecule has 0 heterocycles. The standard InChI is InChI=1S/C15H24N2OS/c1-12(16)9-10-19-11-15(18)17(3)13(2)14-7-5-4-6-8-14/h4-8,12-13H,9-11,16H2,1-3H3. The zero-order valence-electron chi connectivity index (χ0n) is 12.0. The smallest absolute Gasteiger partial charge is 0.232 e. The number of thioether (sulfide) groups is 1. The van der Waals surface area contributed by atoms with Crippen molar-refractivity contribution in [3.63, 3.8) is 0 Å². The third kappa shape index (κ3) is 5.66. The Morgan fingerprint density at radius 1 is 1.32 bits per heavy atom. The van der Waals surface area contributed by atoms with Crippen LogP contribution >= 0.6 is 11.8 Å². The van der Waals surface area contributed by atoms with Crippen LogP contribution in [0.1, 0.15) is 31.9 Å². The first kappa shape index (κ1) is 16.1. The fourth-order valence-corrected chi connectivity index (χ4v) is 2.76. The van der Waals surface area contributed by atoms with Gasteiger partial charge in [-0.05, 0) is 31.6 Å². The van der Waals surface area contributed by atoms with E-state index >= 15 is 0 Å². The molecule has 2 N–H and O–H groups in total. The normalized spacial score (nSPS) is 13.9. The second kappa shape index (κ2) is 8.23. The first-order chi connectivity index (χ1) is 9.02. The van der Waals surface area contributed by atoms with Gasteiger partial charge in [-0.15, -0.1) is 0 Å². The Morgan fingerprint density at radius 2 is 1.95 bits per heavy atom. The van der Waals surface area contributed by atoms with Crippen LogP contribution in [-0.4, -0.2) is 35.4 Å². The average molecular weight is 280 g/mol. The molecular formula is C15H24N2OS. The topological polar surface area (TPSA) is 46.3 Å². The molecule has 1 amide bonds. The van der Waals surface area contributed by atoms with Gasteiger partial charge in [0.25, 0.3) is 0 Å². The summed E-state index contributed by atoms with van der Waals surface area (Å²) in [7, 11) is 1.87. The van der Waals surface area contributed by atoms with Gasteiger partial charge in [0.05, 0.1) is 11.8 Å². The van der Waals surface area contributed by atoms with Crippen LogP contribution in [0.15, 0.2) is 30.3 Å². The number of carbonyl (C=O) groups excluding carboxylic acids is 1. The van der Waals surface area contributed by atoms with E-state index in [1.807, 2.05) is 37.1 Å². The molecule has 2 unspecified atom stereocenters. The van der Waals surface area contributed by atoms with Crippen LogP contribution in [0.2, 0.25) is 0 Å². The summed E-state index contributed by atoms with van der Waals surface area (Å²) >= 11 is 1.66. The van der Waals surface area contributed by atoms with Crippen LogP contribution in [0.5, 0.6) is 0 Å². The van der Waals surface area contributed by atoms with Crippen LogP contribution in [0.3, 0.4) is 0 Å². The third-order valence-electron chi connectivity index (χ3n) is 3.20. The van der Waals surface area contributed by atoms with Crippen LogP contribution in [0, 0.1) is 0 Å². The van der Waals surface area contributed by atoms with E-state index in [2.05, 4.69) is 19.1 Å². The van der Waals surface area contributed by atoms with E-state index in [0.717, 1.165) is 12.2 Å². The van der Waals surface area contributed by atoms with Gasteiger partial charge in [-0.25, -0.2) is 0 Å². The molecule has 1 aromatic carbocycles. The van der Waals surface area contributed by atoms with Crippen molar-refractivity contribution in [3.8, 4) is 0 Å². The zero-order valence-corrected chi connectivity index (χ0v) is 12.8. The Bertz CT molecular complexity index is 381. The first-order valence-corrected chi connectivity index (χ1v) is 7.81. The number of hydrogen-bond acceptors (Lipinski definition) is 3. The predicted molar refractivity (Wildman–Crippen MR) is 83.2 cm³/mol. The highest BCUT2D eigenvalue weighted by atomic mass is 32.2. The number of rotatable bonds is 7. The van der Waals surface area contributed by atoms with Gasteiger partial charge in [-0.1, -0.05) is 30.3 Å². The molecule has 2 atom stereocenters. The van der Waals surface area contributed by atoms with Crippen molar-refractivity contribution in [1.82, 2.24) is 4.90 Å². The van der Waals surface area contributed by atoms with Gasteiger partial charge in [0.2, 0.25) is 5.91 Å². The zero-order chi connectivity index (χ0) is 14.3. The average Bonchev–Trinajstić information content (AvgIpc) is 2.42. The molecular weight excluding hydrogens is 256 g/mol. The Kier molecular flexibility index (Phi) is 6.95. The summed E-state index contributed by atoms with van der Waals surface area (Å²) in [6, 6.07) is 10.4. The Morgan fingerprint density at radius 3 is 2.53 bits per heavy atom. The maximum absolute atomic E-state index is 12.1. The molecule has 0 radical (unpaired) electrons. The Hall–Kier alpha value is -1.00. The quantitative estimate of drug-likeness (QED) is 0.781. The summed E-state index contributed by atoms with van der Waals surface area (Å²) in [5, 5.41) is 0. The fraction of sp³-hybridized carbons (Fsp3) is 0.533. The lowest BCUT2D eigenvalue weighted by Gasteiger charge is -2.25. The molecule has 0 aliphatic rings. The minimum atomic E-state index is 0.114. The van der Waals surface area contributed by atoms with E-state index in [-0.39, 0.29) is 18.0 Å². The van der Waals surface area contributed by atoms with Crippen LogP contribution in [0.4, 0.5) is 0 Å². The number of carbonyl (C=O) groups is 1. The van der Waals surface area contributed by atoms with Crippen molar-refractivity contribution in [2.24, 2.45) is 5.73 Å². The number of nitrogens with two attached hydrogens (primary N) is 1. The summed E-state index contributed by atoms with van der Waals surface area (Å²) in [4.78, 5) is 13.9. The van der Waals surface area contributed by atoms with Gasteiger partial charge in [0.1, 0.15) is 0 Å². The van der Waals surface area contributed by atoms with E-state index in [4.69, 9.17) is 5.73 Å². The summed E-state index contributed by atoms with van der Waals surface area (Å²) in [6.45, 7) is 4.05. The summed E-state index contributed by atoms with van der Waals surface area (Å²) in [5.41, 5.74) is 6.85. The molecule has 19 heavy (non-hydrogen) atoms. The monoisotopic (exact) mass is 280 g/mol. The molecule has 0 saturated carbocycles. The van der Waals surface area contributed by atoms with Crippen molar-refractivity contribution in [3.05, 3.63) is 35.9 Å². The lowest BCUT2D eigenvalue weighted by molar-refractivity contribution is -0.128. The summed E-state index contributed by atoms with van der Waals surface area (Å²) < 4.78 is 0. The second-order valence-corrected chi connectivity index (χ2v) is 6.02. The number of hydrogen-bond donors (Lipinski definition) is 1. The van der Waals surface area contributed by atoms with Crippen molar-refractivity contribution >= 4 is 17.7 Å². The molecule has 0 fully saturated rings. The Labute approximate surface area is 120 Å². The van der Waals surface area contributed by atoms with E-state index in [0.29, 0.717) is 5.75 Å². The highest BCUT2D eigenvalue weighted by Crippen LogP contribution is 2.19. The molecule has 0 spiro atoms. The van der Waals surface area contributed by atoms with Crippen LogP contribution < -0.4 is 5.73 Å². The van der Waals surface area contributed by atoms with Gasteiger partial charge in [0.15, 0.2) is 0 Å². The van der Waals surface area contributed by atoms with E-state index in [1.165, 1.54) is 5.56 Å². The van der Waals surface area contributed by atoms with Gasteiger partial charge in [-0.2, -0.15) is 11.8 Å². The number of benzene rings is 1. The summed E-state index contributed by atoms with van der Waals surface area (Å²) in [5.74, 6) is 1.64. The summed E-state index contributed by atoms with van der Waals surface area (Å²) in [6.07, 6.45) is 0.954. The molecule has 0 aliphatic carbocycles. The van der Waals surface area contributed by atoms with Gasteiger partial charge in [0, 0.05) is 13.1 Å². The Balaban J connectivity index is 2.40.